The van der Waals surface area contributed by atoms with Gasteiger partial charge in [0.25, 0.3) is 0 Å². The summed E-state index contributed by atoms with van der Waals surface area (Å²) in [4.78, 5) is 38.6. The third-order valence-electron chi connectivity index (χ3n) is 5.25. The Hall–Kier alpha value is -1.91. The molecule has 0 aromatic carbocycles. The van der Waals surface area contributed by atoms with Gasteiger partial charge < -0.3 is 9.64 Å². The van der Waals surface area contributed by atoms with Crippen LogP contribution in [0, 0.1) is 17.8 Å². The van der Waals surface area contributed by atoms with Gasteiger partial charge in [0.15, 0.2) is 5.78 Å². The van der Waals surface area contributed by atoms with Crippen molar-refractivity contribution in [1.82, 2.24) is 4.90 Å². The fourth-order valence-corrected chi connectivity index (χ4v) is 3.77. The zero-order chi connectivity index (χ0) is 18.6. The standard InChI is InChI=1S/C20H29NO4/c1-5-14(20(24)25-7-3)9-8-12-21-18-15(6-2)17(22)11-10-16(18)13(4)19(21)23/h10-11,13-15H,5-9,12H2,1-4H3. The molecule has 5 nitrogen and oxygen atoms in total. The third kappa shape index (κ3) is 3.86. The average molecular weight is 347 g/mol. The number of allylic oxidation sites excluding steroid dienone is 3. The maximum atomic E-state index is 12.7. The fraction of sp³-hybridized carbons (Fsp3) is 0.650. The Kier molecular flexibility index (Phi) is 6.57. The van der Waals surface area contributed by atoms with E-state index >= 15 is 0 Å². The highest BCUT2D eigenvalue weighted by Gasteiger charge is 2.41. The number of amides is 1. The lowest BCUT2D eigenvalue weighted by Gasteiger charge is -2.27. The maximum absolute atomic E-state index is 12.7. The van der Waals surface area contributed by atoms with Crippen molar-refractivity contribution in [3.8, 4) is 0 Å². The van der Waals surface area contributed by atoms with E-state index in [1.807, 2.05) is 20.8 Å². The number of hydrogen-bond acceptors (Lipinski definition) is 4. The van der Waals surface area contributed by atoms with Crippen LogP contribution in [0.1, 0.15) is 53.4 Å². The van der Waals surface area contributed by atoms with Crippen LogP contribution >= 0.6 is 0 Å². The van der Waals surface area contributed by atoms with Crippen molar-refractivity contribution in [2.45, 2.75) is 53.4 Å². The lowest BCUT2D eigenvalue weighted by molar-refractivity contribution is -0.148. The smallest absolute Gasteiger partial charge is 0.308 e. The van der Waals surface area contributed by atoms with Crippen LogP contribution in [0.25, 0.3) is 0 Å². The predicted octanol–water partition coefficient (Wildman–Crippen LogP) is 3.25. The number of rotatable bonds is 8. The first-order chi connectivity index (χ1) is 12.0. The third-order valence-corrected chi connectivity index (χ3v) is 5.25. The molecule has 0 N–H and O–H groups in total. The monoisotopic (exact) mass is 347 g/mol. The van der Waals surface area contributed by atoms with E-state index in [1.54, 1.807) is 24.0 Å². The summed E-state index contributed by atoms with van der Waals surface area (Å²) in [6.45, 7) is 8.60. The van der Waals surface area contributed by atoms with Crippen LogP contribution in [0.15, 0.2) is 23.4 Å². The number of hydrogen-bond donors (Lipinski definition) is 0. The van der Waals surface area contributed by atoms with Crippen LogP contribution in [0.4, 0.5) is 0 Å². The molecule has 5 heteroatoms. The molecule has 1 amide bonds. The van der Waals surface area contributed by atoms with Gasteiger partial charge in [-0.15, -0.1) is 0 Å². The van der Waals surface area contributed by atoms with Crippen LogP contribution in [0.3, 0.4) is 0 Å². The summed E-state index contributed by atoms with van der Waals surface area (Å²) in [5.41, 5.74) is 1.87. The second-order valence-electron chi connectivity index (χ2n) is 6.75. The molecule has 1 heterocycles. The van der Waals surface area contributed by atoms with Crippen LogP contribution in [-0.2, 0) is 19.1 Å². The molecule has 0 saturated heterocycles. The highest BCUT2D eigenvalue weighted by atomic mass is 16.5. The number of esters is 1. The number of carbonyl (C=O) groups is 3. The van der Waals surface area contributed by atoms with Crippen LogP contribution in [-0.4, -0.2) is 35.7 Å². The van der Waals surface area contributed by atoms with E-state index in [0.717, 1.165) is 24.1 Å². The minimum atomic E-state index is -0.221. The molecule has 2 aliphatic rings. The van der Waals surface area contributed by atoms with Gasteiger partial charge in [-0.25, -0.2) is 0 Å². The summed E-state index contributed by atoms with van der Waals surface area (Å²) in [7, 11) is 0. The van der Waals surface area contributed by atoms with E-state index in [-0.39, 0.29) is 35.4 Å². The molecule has 3 unspecified atom stereocenters. The molecule has 0 aromatic heterocycles. The molecule has 0 radical (unpaired) electrons. The van der Waals surface area contributed by atoms with E-state index in [2.05, 4.69) is 0 Å². The Bertz CT molecular complexity index is 605. The van der Waals surface area contributed by atoms with Crippen molar-refractivity contribution in [3.63, 3.8) is 0 Å². The first-order valence-electron chi connectivity index (χ1n) is 9.40. The van der Waals surface area contributed by atoms with Gasteiger partial charge >= 0.3 is 5.97 Å². The summed E-state index contributed by atoms with van der Waals surface area (Å²) < 4.78 is 5.11. The molecule has 0 bridgehead atoms. The minimum absolute atomic E-state index is 0.0620. The van der Waals surface area contributed by atoms with Gasteiger partial charge in [0.1, 0.15) is 0 Å². The van der Waals surface area contributed by atoms with Crippen molar-refractivity contribution < 1.29 is 19.1 Å². The summed E-state index contributed by atoms with van der Waals surface area (Å²) in [5.74, 6) is -0.564. The second kappa shape index (κ2) is 8.45. The molecule has 0 fully saturated rings. The van der Waals surface area contributed by atoms with E-state index in [9.17, 15) is 14.4 Å². The number of ether oxygens (including phenoxy) is 1. The van der Waals surface area contributed by atoms with Crippen molar-refractivity contribution in [2.75, 3.05) is 13.2 Å². The second-order valence-corrected chi connectivity index (χ2v) is 6.75. The highest BCUT2D eigenvalue weighted by Crippen LogP contribution is 2.39. The number of carbonyl (C=O) groups excluding carboxylic acids is 3. The molecule has 0 spiro atoms. The molecule has 3 atom stereocenters. The SMILES string of the molecule is CCOC(=O)C(CC)CCCN1C(=O)C(C)C2=C1C(CC)C(=O)C=C2. The summed E-state index contributed by atoms with van der Waals surface area (Å²) in [6.07, 6.45) is 6.25. The molecular formula is C20H29NO4. The van der Waals surface area contributed by atoms with Crippen LogP contribution < -0.4 is 0 Å². The summed E-state index contributed by atoms with van der Waals surface area (Å²) in [6, 6.07) is 0. The topological polar surface area (TPSA) is 63.7 Å². The van der Waals surface area contributed by atoms with Gasteiger partial charge in [-0.3, -0.25) is 14.4 Å². The fourth-order valence-electron chi connectivity index (χ4n) is 3.77. The minimum Gasteiger partial charge on any atom is -0.466 e. The van der Waals surface area contributed by atoms with Crippen LogP contribution in [0.2, 0.25) is 0 Å². The Labute approximate surface area is 150 Å². The van der Waals surface area contributed by atoms with Gasteiger partial charge in [-0.1, -0.05) is 19.9 Å². The maximum Gasteiger partial charge on any atom is 0.308 e. The number of ketones is 1. The Morgan fingerprint density at radius 1 is 1.24 bits per heavy atom. The van der Waals surface area contributed by atoms with E-state index in [4.69, 9.17) is 4.74 Å². The zero-order valence-corrected chi connectivity index (χ0v) is 15.7. The normalized spacial score (nSPS) is 23.9. The first-order valence-corrected chi connectivity index (χ1v) is 9.40. The zero-order valence-electron chi connectivity index (χ0n) is 15.7. The van der Waals surface area contributed by atoms with Gasteiger partial charge in [0.2, 0.25) is 5.91 Å². The Morgan fingerprint density at radius 3 is 2.56 bits per heavy atom. The van der Waals surface area contributed by atoms with E-state index in [1.165, 1.54) is 0 Å². The highest BCUT2D eigenvalue weighted by molar-refractivity contribution is 6.00. The largest absolute Gasteiger partial charge is 0.466 e. The van der Waals surface area contributed by atoms with E-state index in [0.29, 0.717) is 26.0 Å². The van der Waals surface area contributed by atoms with Gasteiger partial charge in [0.05, 0.1) is 24.4 Å². The number of nitrogens with zero attached hydrogens (tertiary/aromatic N) is 1. The molecular weight excluding hydrogens is 318 g/mol. The molecule has 1 aliphatic carbocycles. The summed E-state index contributed by atoms with van der Waals surface area (Å²) >= 11 is 0. The summed E-state index contributed by atoms with van der Waals surface area (Å²) in [5, 5.41) is 0. The quantitative estimate of drug-likeness (QED) is 0.632. The molecule has 25 heavy (non-hydrogen) atoms. The van der Waals surface area contributed by atoms with Crippen LogP contribution in [0.5, 0.6) is 0 Å². The van der Waals surface area contributed by atoms with Crippen molar-refractivity contribution in [1.29, 1.82) is 0 Å². The Balaban J connectivity index is 2.07. The van der Waals surface area contributed by atoms with Gasteiger partial charge in [-0.05, 0) is 51.2 Å². The molecule has 138 valence electrons. The molecule has 1 aliphatic heterocycles. The van der Waals surface area contributed by atoms with Crippen molar-refractivity contribution in [3.05, 3.63) is 23.4 Å². The van der Waals surface area contributed by atoms with E-state index < -0.39 is 0 Å². The van der Waals surface area contributed by atoms with Crippen molar-refractivity contribution in [2.24, 2.45) is 17.8 Å². The molecule has 0 saturated carbocycles. The molecule has 2 rings (SSSR count). The average Bonchev–Trinajstić information content (AvgIpc) is 2.83. The molecule has 0 aromatic rings. The lowest BCUT2D eigenvalue weighted by Crippen LogP contribution is -2.34. The lowest BCUT2D eigenvalue weighted by atomic mass is 9.87. The van der Waals surface area contributed by atoms with Gasteiger partial charge in [-0.2, -0.15) is 0 Å². The van der Waals surface area contributed by atoms with Crippen molar-refractivity contribution >= 4 is 17.7 Å². The predicted molar refractivity (Wildman–Crippen MR) is 95.5 cm³/mol. The first kappa shape index (κ1) is 19.4. The Morgan fingerprint density at radius 2 is 1.96 bits per heavy atom. The van der Waals surface area contributed by atoms with Gasteiger partial charge in [0, 0.05) is 12.2 Å².